The second-order valence-electron chi connectivity index (χ2n) is 2.67. The molecule has 0 radical (unpaired) electrons. The van der Waals surface area contributed by atoms with Crippen LogP contribution in [0.2, 0.25) is 0 Å². The second-order valence-corrected chi connectivity index (χ2v) is 2.67. The van der Waals surface area contributed by atoms with Crippen molar-refractivity contribution in [3.05, 3.63) is 0 Å². The zero-order chi connectivity index (χ0) is 9.72. The standard InChI is InChI=1S/C7H15NO4/c1-4(10)6(8-2)7(12)5(11)3-9/h3-8,10-12H,1-2H3/t4-,5+,6+,7-/m1/s1. The molecule has 0 aliphatic carbocycles. The summed E-state index contributed by atoms with van der Waals surface area (Å²) < 4.78 is 0. The van der Waals surface area contributed by atoms with E-state index < -0.39 is 24.4 Å². The van der Waals surface area contributed by atoms with Crippen LogP contribution in [0, 0.1) is 0 Å². The van der Waals surface area contributed by atoms with Gasteiger partial charge in [0.25, 0.3) is 0 Å². The minimum atomic E-state index is -1.46. The molecule has 0 aromatic carbocycles. The highest BCUT2D eigenvalue weighted by Crippen LogP contribution is 2.02. The third-order valence-electron chi connectivity index (χ3n) is 1.71. The molecule has 0 aromatic heterocycles. The van der Waals surface area contributed by atoms with Gasteiger partial charge in [-0.1, -0.05) is 0 Å². The molecule has 0 aliphatic rings. The smallest absolute Gasteiger partial charge is 0.151 e. The fourth-order valence-electron chi connectivity index (χ4n) is 0.990. The lowest BCUT2D eigenvalue weighted by Crippen LogP contribution is -2.51. The number of likely N-dealkylation sites (N-methyl/N-ethyl adjacent to an activating group) is 1. The minimum Gasteiger partial charge on any atom is -0.392 e. The third kappa shape index (κ3) is 2.86. The number of rotatable bonds is 5. The van der Waals surface area contributed by atoms with E-state index in [0.29, 0.717) is 0 Å². The van der Waals surface area contributed by atoms with Crippen LogP contribution in [0.1, 0.15) is 6.92 Å². The summed E-state index contributed by atoms with van der Waals surface area (Å²) in [7, 11) is 1.53. The first kappa shape index (κ1) is 11.5. The molecule has 0 fully saturated rings. The summed E-state index contributed by atoms with van der Waals surface area (Å²) in [6.45, 7) is 1.46. The first-order valence-electron chi connectivity index (χ1n) is 3.71. The van der Waals surface area contributed by atoms with Gasteiger partial charge in [-0.05, 0) is 14.0 Å². The zero-order valence-corrected chi connectivity index (χ0v) is 7.14. The van der Waals surface area contributed by atoms with Crippen LogP contribution in [-0.4, -0.2) is 53.0 Å². The van der Waals surface area contributed by atoms with E-state index >= 15 is 0 Å². The molecule has 0 spiro atoms. The molecule has 0 heterocycles. The highest BCUT2D eigenvalue weighted by molar-refractivity contribution is 5.56. The molecule has 5 nitrogen and oxygen atoms in total. The molecule has 0 amide bonds. The molecule has 5 heteroatoms. The van der Waals surface area contributed by atoms with Crippen LogP contribution in [0.3, 0.4) is 0 Å². The van der Waals surface area contributed by atoms with Crippen LogP contribution in [0.4, 0.5) is 0 Å². The highest BCUT2D eigenvalue weighted by atomic mass is 16.3. The van der Waals surface area contributed by atoms with Crippen molar-refractivity contribution < 1.29 is 20.1 Å². The van der Waals surface area contributed by atoms with E-state index in [0.717, 1.165) is 0 Å². The number of hydrogen-bond acceptors (Lipinski definition) is 5. The van der Waals surface area contributed by atoms with Crippen molar-refractivity contribution in [3.63, 3.8) is 0 Å². The molecule has 12 heavy (non-hydrogen) atoms. The average molecular weight is 177 g/mol. The van der Waals surface area contributed by atoms with E-state index in [2.05, 4.69) is 5.32 Å². The molecule has 4 N–H and O–H groups in total. The van der Waals surface area contributed by atoms with E-state index in [9.17, 15) is 9.90 Å². The predicted octanol–water partition coefficient (Wildman–Crippen LogP) is -2.12. The van der Waals surface area contributed by atoms with Crippen LogP contribution in [0.5, 0.6) is 0 Å². The van der Waals surface area contributed by atoms with Crippen molar-refractivity contribution >= 4 is 6.29 Å². The summed E-state index contributed by atoms with van der Waals surface area (Å²) >= 11 is 0. The van der Waals surface area contributed by atoms with Crippen LogP contribution < -0.4 is 5.32 Å². The Labute approximate surface area is 71.0 Å². The molecular formula is C7H15NO4. The number of hydrogen-bond donors (Lipinski definition) is 4. The number of nitrogens with one attached hydrogen (secondary N) is 1. The summed E-state index contributed by atoms with van der Waals surface area (Å²) in [6, 6.07) is -0.704. The first-order valence-corrected chi connectivity index (χ1v) is 3.71. The fraction of sp³-hybridized carbons (Fsp3) is 0.857. The Morgan fingerprint density at radius 3 is 2.08 bits per heavy atom. The molecular weight excluding hydrogens is 162 g/mol. The lowest BCUT2D eigenvalue weighted by atomic mass is 10.0. The largest absolute Gasteiger partial charge is 0.392 e. The molecule has 72 valence electrons. The van der Waals surface area contributed by atoms with Crippen molar-refractivity contribution in [2.45, 2.75) is 31.3 Å². The molecule has 0 saturated heterocycles. The Kier molecular flexibility index (Phi) is 5.00. The zero-order valence-electron chi connectivity index (χ0n) is 7.14. The van der Waals surface area contributed by atoms with E-state index in [1.807, 2.05) is 0 Å². The van der Waals surface area contributed by atoms with Gasteiger partial charge in [-0.15, -0.1) is 0 Å². The van der Waals surface area contributed by atoms with Crippen LogP contribution >= 0.6 is 0 Å². The van der Waals surface area contributed by atoms with Crippen LogP contribution in [-0.2, 0) is 4.79 Å². The van der Waals surface area contributed by atoms with Gasteiger partial charge in [-0.2, -0.15) is 0 Å². The summed E-state index contributed by atoms with van der Waals surface area (Å²) in [5, 5.41) is 29.8. The topological polar surface area (TPSA) is 89.8 Å². The van der Waals surface area contributed by atoms with Gasteiger partial charge in [0.1, 0.15) is 12.2 Å². The van der Waals surface area contributed by atoms with Crippen molar-refractivity contribution in [1.82, 2.24) is 5.32 Å². The Hall–Kier alpha value is -0.490. The lowest BCUT2D eigenvalue weighted by Gasteiger charge is -2.25. The molecule has 0 bridgehead atoms. The van der Waals surface area contributed by atoms with Gasteiger partial charge in [-0.25, -0.2) is 0 Å². The molecule has 0 saturated carbocycles. The molecule has 0 rings (SSSR count). The Morgan fingerprint density at radius 2 is 1.83 bits per heavy atom. The normalized spacial score (nSPS) is 21.1. The number of aldehydes is 1. The van der Waals surface area contributed by atoms with Crippen molar-refractivity contribution in [1.29, 1.82) is 0 Å². The Morgan fingerprint density at radius 1 is 1.33 bits per heavy atom. The maximum absolute atomic E-state index is 10.1. The van der Waals surface area contributed by atoms with Gasteiger partial charge in [0.2, 0.25) is 0 Å². The Balaban J connectivity index is 4.19. The van der Waals surface area contributed by atoms with Crippen LogP contribution in [0.15, 0.2) is 0 Å². The van der Waals surface area contributed by atoms with Gasteiger partial charge < -0.3 is 25.4 Å². The maximum atomic E-state index is 10.1. The predicted molar refractivity (Wildman–Crippen MR) is 42.6 cm³/mol. The fourth-order valence-corrected chi connectivity index (χ4v) is 0.990. The van der Waals surface area contributed by atoms with Gasteiger partial charge in [-0.3, -0.25) is 0 Å². The van der Waals surface area contributed by atoms with Crippen molar-refractivity contribution in [3.8, 4) is 0 Å². The summed E-state index contributed by atoms with van der Waals surface area (Å²) in [6.07, 6.45) is -3.35. The van der Waals surface area contributed by atoms with Crippen molar-refractivity contribution in [2.75, 3.05) is 7.05 Å². The second kappa shape index (κ2) is 5.21. The van der Waals surface area contributed by atoms with E-state index in [1.54, 1.807) is 0 Å². The van der Waals surface area contributed by atoms with Gasteiger partial charge in [0.15, 0.2) is 6.29 Å². The monoisotopic (exact) mass is 177 g/mol. The number of aliphatic hydroxyl groups is 3. The number of carbonyl (C=O) groups excluding carboxylic acids is 1. The quantitative estimate of drug-likeness (QED) is 0.360. The first-order chi connectivity index (χ1) is 5.54. The van der Waals surface area contributed by atoms with Gasteiger partial charge >= 0.3 is 0 Å². The van der Waals surface area contributed by atoms with E-state index in [4.69, 9.17) is 10.2 Å². The summed E-state index contributed by atoms with van der Waals surface area (Å²) in [5.41, 5.74) is 0. The average Bonchev–Trinajstić information content (AvgIpc) is 2.03. The molecule has 0 unspecified atom stereocenters. The maximum Gasteiger partial charge on any atom is 0.151 e. The van der Waals surface area contributed by atoms with Crippen LogP contribution in [0.25, 0.3) is 0 Å². The number of carbonyl (C=O) groups is 1. The minimum absolute atomic E-state index is 0.234. The third-order valence-corrected chi connectivity index (χ3v) is 1.71. The summed E-state index contributed by atoms with van der Waals surface area (Å²) in [4.78, 5) is 10.1. The number of aliphatic hydroxyl groups excluding tert-OH is 3. The molecule has 0 aliphatic heterocycles. The SMILES string of the molecule is CN[C@H]([C@H](O)[C@@H](O)C=O)[C@@H](C)O. The van der Waals surface area contributed by atoms with Gasteiger partial charge in [0, 0.05) is 0 Å². The van der Waals surface area contributed by atoms with Gasteiger partial charge in [0.05, 0.1) is 12.1 Å². The van der Waals surface area contributed by atoms with Crippen molar-refractivity contribution in [2.24, 2.45) is 0 Å². The lowest BCUT2D eigenvalue weighted by molar-refractivity contribution is -0.122. The van der Waals surface area contributed by atoms with E-state index in [-0.39, 0.29) is 6.29 Å². The Bertz CT molecular complexity index is 139. The summed E-state index contributed by atoms with van der Waals surface area (Å²) in [5.74, 6) is 0. The van der Waals surface area contributed by atoms with E-state index in [1.165, 1.54) is 14.0 Å². The molecule has 0 aromatic rings. The molecule has 4 atom stereocenters. The highest BCUT2D eigenvalue weighted by Gasteiger charge is 2.27.